The average Bonchev–Trinajstić information content (AvgIpc) is 2.81. The van der Waals surface area contributed by atoms with Crippen molar-refractivity contribution >= 4 is 45.6 Å². The van der Waals surface area contributed by atoms with Crippen LogP contribution in [-0.2, 0) is 23.9 Å². The Morgan fingerprint density at radius 2 is 1.91 bits per heavy atom. The van der Waals surface area contributed by atoms with Crippen molar-refractivity contribution in [3.05, 3.63) is 0 Å². The third kappa shape index (κ3) is 11.9. The number of rotatable bonds is 6. The zero-order chi connectivity index (χ0) is 25.4. The predicted molar refractivity (Wildman–Crippen MR) is 139 cm³/mol. The van der Waals surface area contributed by atoms with Gasteiger partial charge in [0.25, 0.3) is 0 Å². The van der Waals surface area contributed by atoms with Crippen molar-refractivity contribution in [2.45, 2.75) is 76.9 Å². The van der Waals surface area contributed by atoms with Gasteiger partial charge in [0.2, 0.25) is 17.7 Å². The maximum absolute atomic E-state index is 13.4. The normalized spacial score (nSPS) is 23.2. The van der Waals surface area contributed by atoms with Crippen LogP contribution in [0.3, 0.4) is 0 Å². The number of amides is 3. The molecule has 0 aromatic heterocycles. The van der Waals surface area contributed by atoms with Crippen LogP contribution in [0.1, 0.15) is 59.3 Å². The number of likely N-dealkylation sites (N-methyl/N-ethyl adjacent to an activating group) is 1. The summed E-state index contributed by atoms with van der Waals surface area (Å²) in [5.41, 5.74) is -0.872. The predicted octanol–water partition coefficient (Wildman–Crippen LogP) is 1.75. The van der Waals surface area contributed by atoms with Crippen molar-refractivity contribution < 1.29 is 23.9 Å². The number of nitrogens with one attached hydrogen (secondary N) is 3. The van der Waals surface area contributed by atoms with E-state index < -0.39 is 17.6 Å². The van der Waals surface area contributed by atoms with Crippen molar-refractivity contribution in [3.8, 4) is 0 Å². The minimum atomic E-state index is -0.912. The van der Waals surface area contributed by atoms with Crippen LogP contribution in [0.5, 0.6) is 0 Å². The van der Waals surface area contributed by atoms with Crippen molar-refractivity contribution in [1.82, 2.24) is 20.9 Å². The van der Waals surface area contributed by atoms with Crippen LogP contribution in [0.25, 0.3) is 0 Å². The number of hydrogen-bond acceptors (Lipinski definition) is 8. The fraction of sp³-hybridized carbons (Fsp3) is 0.826. The van der Waals surface area contributed by atoms with Crippen LogP contribution in [0, 0.1) is 0 Å². The zero-order valence-electron chi connectivity index (χ0n) is 21.0. The van der Waals surface area contributed by atoms with E-state index in [2.05, 4.69) is 16.0 Å². The molecule has 3 N–H and O–H groups in total. The highest BCUT2D eigenvalue weighted by Crippen LogP contribution is 2.23. The fourth-order valence-corrected chi connectivity index (χ4v) is 5.43. The van der Waals surface area contributed by atoms with Gasteiger partial charge >= 0.3 is 0 Å². The van der Waals surface area contributed by atoms with Gasteiger partial charge in [-0.3, -0.25) is 14.4 Å². The summed E-state index contributed by atoms with van der Waals surface area (Å²) in [6, 6.07) is -1.48. The molecule has 0 bridgehead atoms. The Kier molecular flexibility index (Phi) is 15.5. The van der Waals surface area contributed by atoms with E-state index in [1.807, 2.05) is 17.7 Å². The molecule has 1 rings (SSSR count). The first kappa shape index (κ1) is 30.7. The smallest absolute Gasteiger partial charge is 0.248 e. The summed E-state index contributed by atoms with van der Waals surface area (Å²) in [4.78, 5) is 51.7. The molecule has 0 aliphatic carbocycles. The number of carbonyl (C=O) groups is 4. The van der Waals surface area contributed by atoms with Gasteiger partial charge in [-0.2, -0.15) is 0 Å². The topological polar surface area (TPSA) is 117 Å². The van der Waals surface area contributed by atoms with Crippen molar-refractivity contribution in [2.75, 3.05) is 44.9 Å². The zero-order valence-corrected chi connectivity index (χ0v) is 22.7. The maximum atomic E-state index is 13.4. The van der Waals surface area contributed by atoms with E-state index in [0.717, 1.165) is 43.5 Å². The lowest BCUT2D eigenvalue weighted by Gasteiger charge is -2.30. The average molecular weight is 519 g/mol. The molecule has 1 aliphatic heterocycles. The molecule has 0 aromatic rings. The third-order valence-corrected chi connectivity index (χ3v) is 8.15. The molecule has 1 aliphatic rings. The maximum Gasteiger partial charge on any atom is 0.248 e. The molecule has 0 radical (unpaired) electrons. The highest BCUT2D eigenvalue weighted by atomic mass is 33.1. The molecule has 11 heteroatoms. The van der Waals surface area contributed by atoms with E-state index in [1.54, 1.807) is 31.7 Å². The van der Waals surface area contributed by atoms with E-state index in [4.69, 9.17) is 4.74 Å². The molecule has 1 fully saturated rings. The summed E-state index contributed by atoms with van der Waals surface area (Å²) in [5, 5.41) is 8.47. The standard InChI is InChI=1S/C23H42N4O5S2/c1-5-11-27-15-20(29)25-18(16-28)10-7-6-8-13-33-34-14-9-12-32-17-19(21(27)30)26-22(31)23(2,3)24-4/h16,18-19,24H,5-15,17H2,1-4H3,(H,25,29)(H,26,31). The molecule has 2 atom stereocenters. The minimum absolute atomic E-state index is 0.0287. The summed E-state index contributed by atoms with van der Waals surface area (Å²) in [5.74, 6) is 0.896. The lowest BCUT2D eigenvalue weighted by molar-refractivity contribution is -0.142. The molecular weight excluding hydrogens is 476 g/mol. The number of aldehydes is 1. The van der Waals surface area contributed by atoms with E-state index in [-0.39, 0.29) is 30.9 Å². The highest BCUT2D eigenvalue weighted by Gasteiger charge is 2.32. The quantitative estimate of drug-likeness (QED) is 0.360. The Labute approximate surface area is 212 Å². The van der Waals surface area contributed by atoms with Crippen LogP contribution in [0.4, 0.5) is 0 Å². The SMILES string of the molecule is CCCN1CC(=O)NC(C=O)CCCCCSSCCCOCC(NC(=O)C(C)(C)NC)C1=O. The molecule has 34 heavy (non-hydrogen) atoms. The van der Waals surface area contributed by atoms with Gasteiger partial charge in [0.05, 0.1) is 24.7 Å². The van der Waals surface area contributed by atoms with Gasteiger partial charge in [0.1, 0.15) is 12.3 Å². The molecule has 0 spiro atoms. The fourth-order valence-electron chi connectivity index (χ4n) is 3.23. The molecule has 196 valence electrons. The second kappa shape index (κ2) is 17.2. The van der Waals surface area contributed by atoms with Crippen LogP contribution >= 0.6 is 21.6 Å². The van der Waals surface area contributed by atoms with Crippen molar-refractivity contribution in [3.63, 3.8) is 0 Å². The summed E-state index contributed by atoms with van der Waals surface area (Å²) in [6.07, 6.45) is 5.76. The van der Waals surface area contributed by atoms with E-state index >= 15 is 0 Å². The van der Waals surface area contributed by atoms with Gasteiger partial charge in [0, 0.05) is 24.7 Å². The first-order chi connectivity index (χ1) is 16.2. The summed E-state index contributed by atoms with van der Waals surface area (Å²) < 4.78 is 5.76. The Hall–Kier alpha value is -1.30. The monoisotopic (exact) mass is 518 g/mol. The third-order valence-electron chi connectivity index (χ3n) is 5.57. The number of nitrogens with zero attached hydrogens (tertiary/aromatic N) is 1. The molecule has 3 amide bonds. The molecule has 0 saturated carbocycles. The molecule has 2 unspecified atom stereocenters. The number of hydrogen-bond donors (Lipinski definition) is 3. The van der Waals surface area contributed by atoms with Crippen LogP contribution < -0.4 is 16.0 Å². The van der Waals surface area contributed by atoms with Gasteiger partial charge in [-0.15, -0.1) is 0 Å². The van der Waals surface area contributed by atoms with Gasteiger partial charge in [-0.1, -0.05) is 41.4 Å². The first-order valence-electron chi connectivity index (χ1n) is 12.1. The molecule has 9 nitrogen and oxygen atoms in total. The lowest BCUT2D eigenvalue weighted by Crippen LogP contribution is -2.59. The van der Waals surface area contributed by atoms with Crippen molar-refractivity contribution in [1.29, 1.82) is 0 Å². The Bertz CT molecular complexity index is 651. The summed E-state index contributed by atoms with van der Waals surface area (Å²) in [6.45, 7) is 6.06. The Balaban J connectivity index is 2.99. The minimum Gasteiger partial charge on any atom is -0.379 e. The number of carbonyl (C=O) groups excluding carboxylic acids is 4. The van der Waals surface area contributed by atoms with E-state index in [0.29, 0.717) is 26.0 Å². The Morgan fingerprint density at radius 1 is 1.21 bits per heavy atom. The Morgan fingerprint density at radius 3 is 2.56 bits per heavy atom. The van der Waals surface area contributed by atoms with E-state index in [9.17, 15) is 19.2 Å². The van der Waals surface area contributed by atoms with E-state index in [1.165, 1.54) is 4.90 Å². The van der Waals surface area contributed by atoms with Gasteiger partial charge in [-0.25, -0.2) is 0 Å². The van der Waals surface area contributed by atoms with Crippen LogP contribution in [-0.4, -0.2) is 91.4 Å². The second-order valence-electron chi connectivity index (χ2n) is 8.89. The first-order valence-corrected chi connectivity index (χ1v) is 14.6. The number of ether oxygens (including phenoxy) is 1. The summed E-state index contributed by atoms with van der Waals surface area (Å²) >= 11 is 0. The second-order valence-corrected chi connectivity index (χ2v) is 11.6. The van der Waals surface area contributed by atoms with Gasteiger partial charge in [0.15, 0.2) is 0 Å². The molecule has 1 heterocycles. The molecule has 0 aromatic carbocycles. The largest absolute Gasteiger partial charge is 0.379 e. The highest BCUT2D eigenvalue weighted by molar-refractivity contribution is 8.76. The molecular formula is C23H42N4O5S2. The molecule has 1 saturated heterocycles. The lowest BCUT2D eigenvalue weighted by atomic mass is 10.0. The van der Waals surface area contributed by atoms with Crippen molar-refractivity contribution in [2.24, 2.45) is 0 Å². The summed E-state index contributed by atoms with van der Waals surface area (Å²) in [7, 11) is 5.30. The van der Waals surface area contributed by atoms with Crippen LogP contribution in [0.2, 0.25) is 0 Å². The van der Waals surface area contributed by atoms with Gasteiger partial charge in [-0.05, 0) is 46.6 Å². The van der Waals surface area contributed by atoms with Gasteiger partial charge < -0.3 is 30.4 Å². The van der Waals surface area contributed by atoms with Crippen LogP contribution in [0.15, 0.2) is 0 Å².